The van der Waals surface area contributed by atoms with Crippen molar-refractivity contribution in [3.8, 4) is 0 Å². The summed E-state index contributed by atoms with van der Waals surface area (Å²) >= 11 is 0. The Kier molecular flexibility index (Phi) is 9.47. The van der Waals surface area contributed by atoms with Gasteiger partial charge in [0.2, 0.25) is 0 Å². The number of allylic oxidation sites excluding steroid dienone is 1. The van der Waals surface area contributed by atoms with E-state index in [1.165, 1.54) is 19.3 Å². The molecule has 1 unspecified atom stereocenters. The Hall–Kier alpha value is -2.42. The number of pyridine rings is 1. The number of para-hydroxylation sites is 1. The van der Waals surface area contributed by atoms with Crippen molar-refractivity contribution in [3.05, 3.63) is 67.1 Å². The Morgan fingerprint density at radius 3 is 2.39 bits per heavy atom. The van der Waals surface area contributed by atoms with Crippen LogP contribution in [0, 0.1) is 5.92 Å². The number of benzene rings is 1. The van der Waals surface area contributed by atoms with E-state index >= 15 is 0 Å². The second-order valence-electron chi connectivity index (χ2n) is 7.59. The lowest BCUT2D eigenvalue weighted by molar-refractivity contribution is -0.117. The van der Waals surface area contributed by atoms with Gasteiger partial charge in [-0.2, -0.15) is 0 Å². The van der Waals surface area contributed by atoms with Crippen LogP contribution in [-0.4, -0.2) is 10.8 Å². The molecule has 3 heteroatoms. The molecule has 0 aliphatic heterocycles. The standard InChI is InChI=1S/C25H34N2O/c1-4-11-23(13-9-8-12-22(3)28)18-17-21(2)27(24-14-6-5-7-15-24)25-16-10-19-26-20-25/h5-7,10,14-16,19-20,23H,2,4,8-9,11-13,17-18H2,1,3H3. The topological polar surface area (TPSA) is 33.2 Å². The van der Waals surface area contributed by atoms with Crippen LogP contribution in [0.1, 0.15) is 65.2 Å². The number of carbonyl (C=O) groups is 1. The molecule has 0 amide bonds. The summed E-state index contributed by atoms with van der Waals surface area (Å²) in [4.78, 5) is 17.7. The normalized spacial score (nSPS) is 11.8. The highest BCUT2D eigenvalue weighted by molar-refractivity contribution is 5.75. The zero-order valence-electron chi connectivity index (χ0n) is 17.4. The molecule has 28 heavy (non-hydrogen) atoms. The summed E-state index contributed by atoms with van der Waals surface area (Å²) in [5.41, 5.74) is 3.27. The number of carbonyl (C=O) groups excluding carboxylic acids is 1. The van der Waals surface area contributed by atoms with Gasteiger partial charge in [0.05, 0.1) is 11.9 Å². The summed E-state index contributed by atoms with van der Waals surface area (Å²) in [6.45, 7) is 8.35. The van der Waals surface area contributed by atoms with Gasteiger partial charge in [0.1, 0.15) is 5.78 Å². The second-order valence-corrected chi connectivity index (χ2v) is 7.59. The largest absolute Gasteiger partial charge is 0.313 e. The Bertz CT molecular complexity index is 672. The molecule has 0 aliphatic carbocycles. The maximum Gasteiger partial charge on any atom is 0.129 e. The predicted molar refractivity (Wildman–Crippen MR) is 119 cm³/mol. The molecule has 0 spiro atoms. The molecule has 0 fully saturated rings. The van der Waals surface area contributed by atoms with E-state index < -0.39 is 0 Å². The van der Waals surface area contributed by atoms with Gasteiger partial charge in [0.15, 0.2) is 0 Å². The molecule has 1 heterocycles. The monoisotopic (exact) mass is 378 g/mol. The van der Waals surface area contributed by atoms with E-state index in [9.17, 15) is 4.79 Å². The third-order valence-electron chi connectivity index (χ3n) is 5.16. The van der Waals surface area contributed by atoms with Gasteiger partial charge >= 0.3 is 0 Å². The number of hydrogen-bond donors (Lipinski definition) is 0. The number of hydrogen-bond acceptors (Lipinski definition) is 3. The Labute approximate surface area is 170 Å². The van der Waals surface area contributed by atoms with Crippen LogP contribution in [0.25, 0.3) is 0 Å². The van der Waals surface area contributed by atoms with E-state index in [-0.39, 0.29) is 0 Å². The minimum atomic E-state index is 0.301. The van der Waals surface area contributed by atoms with E-state index in [1.807, 2.05) is 18.3 Å². The van der Waals surface area contributed by atoms with Crippen molar-refractivity contribution in [2.75, 3.05) is 4.90 Å². The fraction of sp³-hybridized carbons (Fsp3) is 0.440. The molecule has 1 aromatic carbocycles. The molecule has 3 nitrogen and oxygen atoms in total. The quantitative estimate of drug-likeness (QED) is 0.349. The van der Waals surface area contributed by atoms with Gasteiger partial charge in [0.25, 0.3) is 0 Å². The smallest absolute Gasteiger partial charge is 0.129 e. The lowest BCUT2D eigenvalue weighted by Gasteiger charge is -2.28. The van der Waals surface area contributed by atoms with Gasteiger partial charge in [-0.1, -0.05) is 57.4 Å². The highest BCUT2D eigenvalue weighted by atomic mass is 16.1. The zero-order valence-corrected chi connectivity index (χ0v) is 17.4. The highest BCUT2D eigenvalue weighted by Gasteiger charge is 2.15. The first-order valence-electron chi connectivity index (χ1n) is 10.5. The zero-order chi connectivity index (χ0) is 20.2. The second kappa shape index (κ2) is 12.1. The number of unbranched alkanes of at least 4 members (excludes halogenated alkanes) is 1. The van der Waals surface area contributed by atoms with Crippen LogP contribution in [-0.2, 0) is 4.79 Å². The van der Waals surface area contributed by atoms with E-state index in [4.69, 9.17) is 0 Å². The first-order valence-corrected chi connectivity index (χ1v) is 10.5. The molecule has 0 radical (unpaired) electrons. The van der Waals surface area contributed by atoms with E-state index in [0.29, 0.717) is 18.1 Å². The van der Waals surface area contributed by atoms with E-state index in [0.717, 1.165) is 42.8 Å². The summed E-state index contributed by atoms with van der Waals surface area (Å²) in [7, 11) is 0. The van der Waals surface area contributed by atoms with Crippen molar-refractivity contribution in [2.24, 2.45) is 5.92 Å². The third-order valence-corrected chi connectivity index (χ3v) is 5.16. The number of Topliss-reactive ketones (excluding diaryl/α,β-unsaturated/α-hetero) is 1. The predicted octanol–water partition coefficient (Wildman–Crippen LogP) is 7.08. The molecular weight excluding hydrogens is 344 g/mol. The van der Waals surface area contributed by atoms with Crippen molar-refractivity contribution in [3.63, 3.8) is 0 Å². The number of nitrogens with zero attached hydrogens (tertiary/aromatic N) is 2. The Morgan fingerprint density at radius 2 is 1.75 bits per heavy atom. The van der Waals surface area contributed by atoms with Gasteiger partial charge in [-0.15, -0.1) is 0 Å². The minimum Gasteiger partial charge on any atom is -0.313 e. The average Bonchev–Trinajstić information content (AvgIpc) is 2.71. The number of ketones is 1. The molecule has 0 saturated carbocycles. The van der Waals surface area contributed by atoms with Crippen LogP contribution >= 0.6 is 0 Å². The summed E-state index contributed by atoms with van der Waals surface area (Å²) in [6.07, 6.45) is 12.3. The maximum absolute atomic E-state index is 11.2. The van der Waals surface area contributed by atoms with Gasteiger partial charge in [-0.3, -0.25) is 4.98 Å². The van der Waals surface area contributed by atoms with Crippen LogP contribution in [0.2, 0.25) is 0 Å². The van der Waals surface area contributed by atoms with Crippen molar-refractivity contribution < 1.29 is 4.79 Å². The molecule has 0 saturated heterocycles. The Morgan fingerprint density at radius 1 is 1.00 bits per heavy atom. The molecule has 0 bridgehead atoms. The highest BCUT2D eigenvalue weighted by Crippen LogP contribution is 2.32. The fourth-order valence-corrected chi connectivity index (χ4v) is 3.71. The van der Waals surface area contributed by atoms with Crippen LogP contribution < -0.4 is 4.90 Å². The first-order chi connectivity index (χ1) is 13.6. The third kappa shape index (κ3) is 7.30. The van der Waals surface area contributed by atoms with Gasteiger partial charge < -0.3 is 9.69 Å². The fourth-order valence-electron chi connectivity index (χ4n) is 3.71. The molecular formula is C25H34N2O. The van der Waals surface area contributed by atoms with Crippen LogP contribution in [0.4, 0.5) is 11.4 Å². The maximum atomic E-state index is 11.2. The van der Waals surface area contributed by atoms with Gasteiger partial charge in [0, 0.05) is 24.0 Å². The number of aromatic nitrogens is 1. The van der Waals surface area contributed by atoms with E-state index in [2.05, 4.69) is 53.7 Å². The number of rotatable bonds is 13. The van der Waals surface area contributed by atoms with Gasteiger partial charge in [-0.25, -0.2) is 0 Å². The summed E-state index contributed by atoms with van der Waals surface area (Å²) in [6, 6.07) is 14.4. The van der Waals surface area contributed by atoms with Crippen LogP contribution in [0.15, 0.2) is 67.1 Å². The molecule has 2 aromatic rings. The molecule has 0 aliphatic rings. The molecule has 1 atom stereocenters. The van der Waals surface area contributed by atoms with Crippen molar-refractivity contribution in [1.82, 2.24) is 4.98 Å². The lowest BCUT2D eigenvalue weighted by atomic mass is 9.91. The van der Waals surface area contributed by atoms with Gasteiger partial charge in [-0.05, 0) is 56.4 Å². The van der Waals surface area contributed by atoms with Crippen molar-refractivity contribution in [2.45, 2.75) is 65.2 Å². The Balaban J connectivity index is 2.00. The molecule has 1 aromatic heterocycles. The first kappa shape index (κ1) is 21.9. The van der Waals surface area contributed by atoms with E-state index in [1.54, 1.807) is 13.1 Å². The molecule has 150 valence electrons. The van der Waals surface area contributed by atoms with Crippen LogP contribution in [0.5, 0.6) is 0 Å². The SMILES string of the molecule is C=C(CCC(CCC)CCCCC(C)=O)N(c1ccccc1)c1cccnc1. The molecule has 2 rings (SSSR count). The minimum absolute atomic E-state index is 0.301. The van der Waals surface area contributed by atoms with Crippen molar-refractivity contribution in [1.29, 1.82) is 0 Å². The average molecular weight is 379 g/mol. The summed E-state index contributed by atoms with van der Waals surface area (Å²) in [5.74, 6) is 0.996. The van der Waals surface area contributed by atoms with Crippen LogP contribution in [0.3, 0.4) is 0 Å². The summed E-state index contributed by atoms with van der Waals surface area (Å²) < 4.78 is 0. The lowest BCUT2D eigenvalue weighted by Crippen LogP contribution is -2.16. The van der Waals surface area contributed by atoms with Crippen molar-refractivity contribution >= 4 is 17.2 Å². The molecule has 0 N–H and O–H groups in total. The summed E-state index contributed by atoms with van der Waals surface area (Å²) in [5, 5.41) is 0. The number of anilines is 2.